The smallest absolute Gasteiger partial charge is 0.277 e. The van der Waals surface area contributed by atoms with Crippen LogP contribution < -0.4 is 10.7 Å². The first kappa shape index (κ1) is 20.2. The first-order valence-corrected chi connectivity index (χ1v) is 10.1. The molecule has 0 saturated carbocycles. The molecule has 2 aromatic carbocycles. The van der Waals surface area contributed by atoms with Gasteiger partial charge in [0.25, 0.3) is 5.91 Å². The van der Waals surface area contributed by atoms with Gasteiger partial charge in [0.05, 0.1) is 18.3 Å². The number of hydrogen-bond acceptors (Lipinski definition) is 5. The highest BCUT2D eigenvalue weighted by atomic mass is 35.5. The monoisotopic (exact) mass is 422 g/mol. The summed E-state index contributed by atoms with van der Waals surface area (Å²) in [6.07, 6.45) is 0. The van der Waals surface area contributed by atoms with Gasteiger partial charge in [0, 0.05) is 22.3 Å². The van der Waals surface area contributed by atoms with Crippen molar-refractivity contribution in [3.63, 3.8) is 0 Å². The zero-order chi connectivity index (χ0) is 21.3. The van der Waals surface area contributed by atoms with E-state index in [1.807, 2.05) is 38.1 Å². The summed E-state index contributed by atoms with van der Waals surface area (Å²) in [6, 6.07) is 17.1. The summed E-state index contributed by atoms with van der Waals surface area (Å²) < 4.78 is 5.35. The molecular formula is C23H23ClN4O2. The summed E-state index contributed by atoms with van der Waals surface area (Å²) >= 11 is 6.03. The molecule has 2 N–H and O–H groups in total. The van der Waals surface area contributed by atoms with E-state index >= 15 is 0 Å². The number of rotatable bonds is 5. The number of allylic oxidation sites excluding steroid dienone is 1. The molecule has 6 nitrogen and oxygen atoms in total. The van der Waals surface area contributed by atoms with Crippen molar-refractivity contribution in [1.82, 2.24) is 20.9 Å². The first-order valence-electron chi connectivity index (χ1n) is 9.75. The Hall–Kier alpha value is -3.09. The van der Waals surface area contributed by atoms with E-state index in [0.717, 1.165) is 17.0 Å². The highest BCUT2D eigenvalue weighted by Crippen LogP contribution is 2.25. The van der Waals surface area contributed by atoms with Gasteiger partial charge in [-0.2, -0.15) is 0 Å². The summed E-state index contributed by atoms with van der Waals surface area (Å²) in [5, 5.41) is 9.57. The lowest BCUT2D eigenvalue weighted by atomic mass is 10.1. The van der Waals surface area contributed by atoms with E-state index in [4.69, 9.17) is 16.1 Å². The van der Waals surface area contributed by atoms with E-state index in [1.165, 1.54) is 11.1 Å². The third kappa shape index (κ3) is 4.10. The van der Waals surface area contributed by atoms with Gasteiger partial charge in [-0.1, -0.05) is 53.2 Å². The van der Waals surface area contributed by atoms with Crippen LogP contribution in [0.25, 0.3) is 11.3 Å². The Morgan fingerprint density at radius 2 is 2.00 bits per heavy atom. The van der Waals surface area contributed by atoms with Gasteiger partial charge >= 0.3 is 0 Å². The number of amides is 1. The Morgan fingerprint density at radius 3 is 2.77 bits per heavy atom. The van der Waals surface area contributed by atoms with E-state index in [2.05, 4.69) is 40.0 Å². The van der Waals surface area contributed by atoms with Crippen molar-refractivity contribution in [2.45, 2.75) is 33.4 Å². The molecule has 0 fully saturated rings. The zero-order valence-electron chi connectivity index (χ0n) is 17.1. The van der Waals surface area contributed by atoms with Crippen LogP contribution in [0, 0.1) is 6.92 Å². The van der Waals surface area contributed by atoms with Gasteiger partial charge < -0.3 is 14.8 Å². The Balaban J connectivity index is 1.50. The number of hydrazine groups is 1. The highest BCUT2D eigenvalue weighted by molar-refractivity contribution is 6.30. The summed E-state index contributed by atoms with van der Waals surface area (Å²) in [4.78, 5) is 12.8. The van der Waals surface area contributed by atoms with Crippen molar-refractivity contribution in [3.05, 3.63) is 87.8 Å². The van der Waals surface area contributed by atoms with Crippen LogP contribution in [-0.4, -0.2) is 22.1 Å². The molecule has 2 heterocycles. The molecule has 1 aromatic heterocycles. The van der Waals surface area contributed by atoms with Gasteiger partial charge in [-0.15, -0.1) is 0 Å². The van der Waals surface area contributed by atoms with Crippen molar-refractivity contribution < 1.29 is 9.32 Å². The maximum atomic E-state index is 12.8. The minimum atomic E-state index is -0.312. The summed E-state index contributed by atoms with van der Waals surface area (Å²) in [7, 11) is 0. The van der Waals surface area contributed by atoms with Crippen molar-refractivity contribution in [2.75, 3.05) is 0 Å². The van der Waals surface area contributed by atoms with E-state index in [0.29, 0.717) is 17.3 Å². The van der Waals surface area contributed by atoms with Crippen molar-refractivity contribution in [2.24, 2.45) is 0 Å². The normalized spacial score (nSPS) is 16.3. The van der Waals surface area contributed by atoms with Crippen LogP contribution in [0.3, 0.4) is 0 Å². The number of nitrogens with zero attached hydrogens (tertiary/aromatic N) is 2. The largest absolute Gasteiger partial charge is 0.355 e. The van der Waals surface area contributed by atoms with Crippen LogP contribution in [-0.2, 0) is 6.54 Å². The van der Waals surface area contributed by atoms with Gasteiger partial charge in [-0.05, 0) is 44.0 Å². The van der Waals surface area contributed by atoms with E-state index < -0.39 is 0 Å². The van der Waals surface area contributed by atoms with Crippen LogP contribution in [0.1, 0.15) is 35.5 Å². The van der Waals surface area contributed by atoms with Gasteiger partial charge in [0.15, 0.2) is 11.5 Å². The molecule has 0 bridgehead atoms. The van der Waals surface area contributed by atoms with Crippen molar-refractivity contribution in [1.29, 1.82) is 0 Å². The van der Waals surface area contributed by atoms with E-state index in [1.54, 1.807) is 18.2 Å². The van der Waals surface area contributed by atoms with Crippen LogP contribution in [0.2, 0.25) is 5.02 Å². The lowest BCUT2D eigenvalue weighted by molar-refractivity contribution is 0.0954. The second-order valence-corrected chi connectivity index (χ2v) is 7.84. The molecule has 4 rings (SSSR count). The predicted molar refractivity (Wildman–Crippen MR) is 116 cm³/mol. The van der Waals surface area contributed by atoms with Crippen molar-refractivity contribution >= 4 is 17.5 Å². The molecule has 1 atom stereocenters. The van der Waals surface area contributed by atoms with Crippen molar-refractivity contribution in [3.8, 4) is 11.3 Å². The minimum Gasteiger partial charge on any atom is -0.355 e. The number of carbonyl (C=O) groups is 1. The number of benzene rings is 2. The number of hydrogen-bond donors (Lipinski definition) is 2. The third-order valence-corrected chi connectivity index (χ3v) is 5.50. The average molecular weight is 423 g/mol. The highest BCUT2D eigenvalue weighted by Gasteiger charge is 2.28. The SMILES string of the molecule is CC1=C(NC(=O)c2cc(-c3cccc(Cl)c3)on2)[C@H](C)NN1Cc1ccccc1C. The second kappa shape index (κ2) is 8.34. The lowest BCUT2D eigenvalue weighted by Crippen LogP contribution is -2.37. The Kier molecular flexibility index (Phi) is 5.61. The number of carbonyl (C=O) groups excluding carboxylic acids is 1. The first-order chi connectivity index (χ1) is 14.4. The molecule has 0 radical (unpaired) electrons. The summed E-state index contributed by atoms with van der Waals surface area (Å²) in [5.74, 6) is 0.180. The zero-order valence-corrected chi connectivity index (χ0v) is 17.8. The molecule has 1 amide bonds. The topological polar surface area (TPSA) is 70.4 Å². The molecule has 3 aromatic rings. The number of aromatic nitrogens is 1. The molecule has 0 aliphatic carbocycles. The van der Waals surface area contributed by atoms with Gasteiger partial charge in [0.1, 0.15) is 0 Å². The average Bonchev–Trinajstić information content (AvgIpc) is 3.31. The lowest BCUT2D eigenvalue weighted by Gasteiger charge is -2.22. The molecule has 1 aliphatic heterocycles. The molecule has 0 saturated heterocycles. The fraction of sp³-hybridized carbons (Fsp3) is 0.217. The Bertz CT molecular complexity index is 1120. The molecule has 7 heteroatoms. The maximum absolute atomic E-state index is 12.8. The molecule has 0 unspecified atom stereocenters. The predicted octanol–water partition coefficient (Wildman–Crippen LogP) is 4.67. The number of halogens is 1. The maximum Gasteiger partial charge on any atom is 0.277 e. The van der Waals surface area contributed by atoms with Gasteiger partial charge in [-0.25, -0.2) is 5.43 Å². The number of aryl methyl sites for hydroxylation is 1. The van der Waals surface area contributed by atoms with E-state index in [9.17, 15) is 4.79 Å². The summed E-state index contributed by atoms with van der Waals surface area (Å²) in [5.41, 5.74) is 8.64. The third-order valence-electron chi connectivity index (χ3n) is 5.27. The molecule has 154 valence electrons. The van der Waals surface area contributed by atoms with Gasteiger partial charge in [-0.3, -0.25) is 4.79 Å². The molecule has 1 aliphatic rings. The molecular weight excluding hydrogens is 400 g/mol. The van der Waals surface area contributed by atoms with Crippen LogP contribution >= 0.6 is 11.6 Å². The van der Waals surface area contributed by atoms with Crippen LogP contribution in [0.15, 0.2) is 70.5 Å². The van der Waals surface area contributed by atoms with E-state index in [-0.39, 0.29) is 17.6 Å². The van der Waals surface area contributed by atoms with Crippen LogP contribution in [0.4, 0.5) is 0 Å². The Morgan fingerprint density at radius 1 is 1.20 bits per heavy atom. The quantitative estimate of drug-likeness (QED) is 0.625. The fourth-order valence-corrected chi connectivity index (χ4v) is 3.71. The summed E-state index contributed by atoms with van der Waals surface area (Å²) in [6.45, 7) is 6.81. The fourth-order valence-electron chi connectivity index (χ4n) is 3.52. The molecule has 0 spiro atoms. The Labute approximate surface area is 180 Å². The standard InChI is InChI=1S/C23H23ClN4O2/c1-14-7-4-5-8-18(14)13-28-16(3)22(15(2)26-28)25-23(29)20-12-21(30-27-20)17-9-6-10-19(24)11-17/h4-12,15,26H,13H2,1-3H3,(H,25,29)/t15-/m0/s1. The van der Waals surface area contributed by atoms with Gasteiger partial charge in [0.2, 0.25) is 0 Å². The minimum absolute atomic E-state index is 0.0303. The molecule has 30 heavy (non-hydrogen) atoms. The second-order valence-electron chi connectivity index (χ2n) is 7.40. The number of nitrogens with one attached hydrogen (secondary N) is 2. The van der Waals surface area contributed by atoms with Crippen LogP contribution in [0.5, 0.6) is 0 Å².